The van der Waals surface area contributed by atoms with Crippen molar-refractivity contribution >= 4 is 13.6 Å². The lowest BCUT2D eigenvalue weighted by Gasteiger charge is -2.12. The van der Waals surface area contributed by atoms with Crippen LogP contribution in [-0.2, 0) is 18.4 Å². The molecule has 1 aliphatic rings. The van der Waals surface area contributed by atoms with Crippen molar-refractivity contribution in [3.8, 4) is 0 Å². The summed E-state index contributed by atoms with van der Waals surface area (Å²) in [5.41, 5.74) is 0. The Morgan fingerprint density at radius 2 is 0.958 bits per heavy atom. The molecular weight excluding hydrogens is 327 g/mol. The highest BCUT2D eigenvalue weighted by atomic mass is 31.2. The lowest BCUT2D eigenvalue weighted by Crippen LogP contribution is -1.99. The minimum absolute atomic E-state index is 0.257. The number of carbonyl (C=O) groups excluding carboxylic acids is 1. The van der Waals surface area contributed by atoms with Crippen molar-refractivity contribution in [1.29, 1.82) is 0 Å². The molecule has 5 nitrogen and oxygen atoms in total. The molecule has 1 rings (SSSR count). The van der Waals surface area contributed by atoms with Crippen LogP contribution in [0.15, 0.2) is 0 Å². The van der Waals surface area contributed by atoms with Crippen molar-refractivity contribution in [2.24, 2.45) is 0 Å². The summed E-state index contributed by atoms with van der Waals surface area (Å²) in [6.07, 6.45) is 14.9. The second-order valence-corrected chi connectivity index (χ2v) is 8.22. The summed E-state index contributed by atoms with van der Waals surface area (Å²) in [6, 6.07) is 0. The Morgan fingerprint density at radius 1 is 0.625 bits per heavy atom. The van der Waals surface area contributed by atoms with Crippen molar-refractivity contribution in [3.63, 3.8) is 0 Å². The van der Waals surface area contributed by atoms with Gasteiger partial charge in [-0.05, 0) is 25.7 Å². The summed E-state index contributed by atoms with van der Waals surface area (Å²) in [5, 5.41) is 0. The van der Waals surface area contributed by atoms with E-state index in [9.17, 15) is 14.3 Å². The van der Waals surface area contributed by atoms with Gasteiger partial charge in [0, 0.05) is 12.8 Å². The van der Waals surface area contributed by atoms with Gasteiger partial charge in [-0.3, -0.25) is 13.8 Å². The summed E-state index contributed by atoms with van der Waals surface area (Å²) in [5.74, 6) is 0.405. The zero-order chi connectivity index (χ0) is 17.5. The van der Waals surface area contributed by atoms with Crippen LogP contribution in [0, 0.1) is 0 Å². The topological polar surface area (TPSA) is 72.8 Å². The van der Waals surface area contributed by atoms with Crippen molar-refractivity contribution in [3.05, 3.63) is 0 Å². The Balaban J connectivity index is 2.25. The third kappa shape index (κ3) is 13.1. The van der Waals surface area contributed by atoms with E-state index in [1.54, 1.807) is 0 Å². The van der Waals surface area contributed by atoms with Crippen LogP contribution < -0.4 is 0 Å². The first-order valence-electron chi connectivity index (χ1n) is 9.74. The normalized spacial score (nSPS) is 28.8. The fraction of sp³-hybridized carbons (Fsp3) is 0.944. The molecule has 1 aliphatic heterocycles. The first kappa shape index (κ1) is 21.8. The van der Waals surface area contributed by atoms with E-state index in [4.69, 9.17) is 9.05 Å². The van der Waals surface area contributed by atoms with Crippen molar-refractivity contribution in [2.75, 3.05) is 13.2 Å². The van der Waals surface area contributed by atoms with Crippen LogP contribution in [-0.4, -0.2) is 23.9 Å². The molecule has 0 aromatic rings. The Kier molecular flexibility index (Phi) is 12.7. The van der Waals surface area contributed by atoms with Gasteiger partial charge in [-0.15, -0.1) is 0 Å². The lowest BCUT2D eigenvalue weighted by molar-refractivity contribution is -0.119. The molecule has 142 valence electrons. The monoisotopic (exact) mass is 362 g/mol. The summed E-state index contributed by atoms with van der Waals surface area (Å²) in [7, 11) is -3.87. The summed E-state index contributed by atoms with van der Waals surface area (Å²) in [4.78, 5) is 21.3. The van der Waals surface area contributed by atoms with Crippen LogP contribution in [0.4, 0.5) is 0 Å². The molecule has 6 heteroatoms. The molecule has 1 saturated heterocycles. The minimum atomic E-state index is -3.87. The minimum Gasteiger partial charge on any atom is -0.302 e. The van der Waals surface area contributed by atoms with Crippen LogP contribution in [0.3, 0.4) is 0 Å². The van der Waals surface area contributed by atoms with Gasteiger partial charge in [0.05, 0.1) is 13.2 Å². The van der Waals surface area contributed by atoms with E-state index in [2.05, 4.69) is 0 Å². The highest BCUT2D eigenvalue weighted by molar-refractivity contribution is 7.47. The van der Waals surface area contributed by atoms with Crippen LogP contribution >= 0.6 is 7.82 Å². The first-order valence-corrected chi connectivity index (χ1v) is 11.2. The maximum Gasteiger partial charge on any atom is 0.472 e. The smallest absolute Gasteiger partial charge is 0.302 e. The molecule has 0 bridgehead atoms. The van der Waals surface area contributed by atoms with Crippen molar-refractivity contribution in [2.45, 2.75) is 96.3 Å². The average Bonchev–Trinajstić information content (AvgIpc) is 2.54. The Hall–Kier alpha value is -0.220. The Morgan fingerprint density at radius 3 is 1.38 bits per heavy atom. The molecule has 1 unspecified atom stereocenters. The molecule has 1 heterocycles. The molecule has 1 atom stereocenters. The predicted molar refractivity (Wildman–Crippen MR) is 96.0 cm³/mol. The van der Waals surface area contributed by atoms with E-state index >= 15 is 0 Å². The van der Waals surface area contributed by atoms with Gasteiger partial charge in [0.1, 0.15) is 5.78 Å². The second-order valence-electron chi connectivity index (χ2n) is 6.77. The third-order valence-corrected chi connectivity index (χ3v) is 5.48. The van der Waals surface area contributed by atoms with Gasteiger partial charge in [-0.2, -0.15) is 0 Å². The first-order chi connectivity index (χ1) is 11.6. The number of carbonyl (C=O) groups is 1. The molecule has 0 aliphatic carbocycles. The Labute approximate surface area is 147 Å². The Bertz CT molecular complexity index is 372. The zero-order valence-corrected chi connectivity index (χ0v) is 15.9. The highest BCUT2D eigenvalue weighted by Crippen LogP contribution is 2.43. The summed E-state index contributed by atoms with van der Waals surface area (Å²) in [6.45, 7) is 0.544. The molecule has 24 heavy (non-hydrogen) atoms. The van der Waals surface area contributed by atoms with Gasteiger partial charge in [0.15, 0.2) is 0 Å². The van der Waals surface area contributed by atoms with E-state index in [0.29, 0.717) is 12.2 Å². The number of phosphoric ester groups is 1. The number of rotatable bonds is 0. The number of ketones is 1. The third-order valence-electron chi connectivity index (χ3n) is 4.46. The van der Waals surface area contributed by atoms with Crippen LogP contribution in [0.5, 0.6) is 0 Å². The van der Waals surface area contributed by atoms with Crippen molar-refractivity contribution < 1.29 is 23.3 Å². The number of Topliss-reactive ketones (excluding diaryl/α,β-unsaturated/α-hetero) is 1. The molecule has 0 aromatic carbocycles. The molecule has 0 spiro atoms. The van der Waals surface area contributed by atoms with Crippen molar-refractivity contribution in [1.82, 2.24) is 0 Å². The van der Waals surface area contributed by atoms with Gasteiger partial charge in [0.25, 0.3) is 0 Å². The maximum atomic E-state index is 11.8. The SMILES string of the molecule is O=C1CCCCCCCCCCOP(=O)(O)OCCCCCCC1. The van der Waals surface area contributed by atoms with E-state index in [1.165, 1.54) is 19.3 Å². The number of hydrogen-bond donors (Lipinski definition) is 1. The van der Waals surface area contributed by atoms with Gasteiger partial charge in [-0.25, -0.2) is 4.57 Å². The van der Waals surface area contributed by atoms with Gasteiger partial charge in [-0.1, -0.05) is 57.8 Å². The zero-order valence-electron chi connectivity index (χ0n) is 15.0. The van der Waals surface area contributed by atoms with Gasteiger partial charge in [0.2, 0.25) is 0 Å². The van der Waals surface area contributed by atoms with Gasteiger partial charge >= 0.3 is 7.82 Å². The molecule has 0 amide bonds. The molecule has 0 aromatic heterocycles. The molecule has 0 radical (unpaired) electrons. The highest BCUT2D eigenvalue weighted by Gasteiger charge is 2.19. The van der Waals surface area contributed by atoms with E-state index < -0.39 is 7.82 Å². The molecular formula is C18H35O5P. The fourth-order valence-corrected chi connectivity index (χ4v) is 3.76. The average molecular weight is 362 g/mol. The quantitative estimate of drug-likeness (QED) is 0.572. The van der Waals surface area contributed by atoms with Crippen LogP contribution in [0.1, 0.15) is 96.3 Å². The molecule has 1 fully saturated rings. The van der Waals surface area contributed by atoms with E-state index in [-0.39, 0.29) is 13.2 Å². The maximum absolute atomic E-state index is 11.8. The largest absolute Gasteiger partial charge is 0.472 e. The number of phosphoric acid groups is 1. The second kappa shape index (κ2) is 14.0. The summed E-state index contributed by atoms with van der Waals surface area (Å²) >= 11 is 0. The van der Waals surface area contributed by atoms with E-state index in [0.717, 1.165) is 70.6 Å². The van der Waals surface area contributed by atoms with E-state index in [1.807, 2.05) is 0 Å². The van der Waals surface area contributed by atoms with Crippen LogP contribution in [0.2, 0.25) is 0 Å². The fourth-order valence-electron chi connectivity index (χ4n) is 2.96. The lowest BCUT2D eigenvalue weighted by atomic mass is 10.0. The molecule has 1 N–H and O–H groups in total. The predicted octanol–water partition coefficient (Wildman–Crippen LogP) is 5.55. The van der Waals surface area contributed by atoms with Crippen LogP contribution in [0.25, 0.3) is 0 Å². The number of hydrogen-bond acceptors (Lipinski definition) is 4. The summed E-state index contributed by atoms with van der Waals surface area (Å²) < 4.78 is 21.6. The molecule has 0 saturated carbocycles. The van der Waals surface area contributed by atoms with Gasteiger partial charge < -0.3 is 4.89 Å². The standard InChI is InChI=1S/C18H35O5P/c19-18-14-10-6-3-1-2-4-8-12-16-22-24(20,21)23-17-13-9-5-7-11-15-18/h1-17H2,(H,20,21).